The topological polar surface area (TPSA) is 60.7 Å². The number of benzene rings is 1. The third-order valence-electron chi connectivity index (χ3n) is 2.99. The lowest BCUT2D eigenvalue weighted by Crippen LogP contribution is -2.12. The lowest BCUT2D eigenvalue weighted by Gasteiger charge is -2.05. The summed E-state index contributed by atoms with van der Waals surface area (Å²) in [5, 5.41) is 4.38. The first-order chi connectivity index (χ1) is 9.70. The van der Waals surface area contributed by atoms with Crippen molar-refractivity contribution >= 4 is 28.4 Å². The second kappa shape index (κ2) is 5.02. The maximum absolute atomic E-state index is 12.5. The molecule has 0 aliphatic carbocycles. The van der Waals surface area contributed by atoms with Gasteiger partial charge in [0.25, 0.3) is 0 Å². The van der Waals surface area contributed by atoms with Crippen LogP contribution < -0.4 is 0 Å². The minimum atomic E-state index is -0.271. The SMILES string of the molecule is CCn1ncc(Cl)c1C(=O)c1cnc2ccccc2n1. The molecule has 100 valence electrons. The molecule has 0 bridgehead atoms. The summed E-state index contributed by atoms with van der Waals surface area (Å²) < 4.78 is 1.56. The van der Waals surface area contributed by atoms with Crippen LogP contribution in [0.5, 0.6) is 0 Å². The van der Waals surface area contributed by atoms with Gasteiger partial charge in [-0.3, -0.25) is 14.5 Å². The second-order valence-corrected chi connectivity index (χ2v) is 4.64. The Bertz CT molecular complexity index is 797. The molecule has 2 heterocycles. The van der Waals surface area contributed by atoms with Gasteiger partial charge in [-0.05, 0) is 19.1 Å². The van der Waals surface area contributed by atoms with E-state index >= 15 is 0 Å². The molecule has 20 heavy (non-hydrogen) atoms. The van der Waals surface area contributed by atoms with Gasteiger partial charge in [-0.25, -0.2) is 4.98 Å². The van der Waals surface area contributed by atoms with E-state index in [1.165, 1.54) is 12.4 Å². The number of para-hydroxylation sites is 2. The van der Waals surface area contributed by atoms with Gasteiger partial charge in [0.05, 0.1) is 28.4 Å². The highest BCUT2D eigenvalue weighted by atomic mass is 35.5. The largest absolute Gasteiger partial charge is 0.285 e. The zero-order chi connectivity index (χ0) is 14.1. The van der Waals surface area contributed by atoms with Crippen LogP contribution in [0.3, 0.4) is 0 Å². The minimum absolute atomic E-state index is 0.265. The first-order valence-corrected chi connectivity index (χ1v) is 6.56. The Hall–Kier alpha value is -2.27. The third-order valence-corrected chi connectivity index (χ3v) is 3.27. The van der Waals surface area contributed by atoms with E-state index in [-0.39, 0.29) is 11.5 Å². The van der Waals surface area contributed by atoms with Gasteiger partial charge in [-0.15, -0.1) is 0 Å². The molecule has 0 aliphatic rings. The molecular weight excluding hydrogens is 276 g/mol. The van der Waals surface area contributed by atoms with E-state index < -0.39 is 0 Å². The van der Waals surface area contributed by atoms with Crippen LogP contribution in [0.15, 0.2) is 36.7 Å². The Morgan fingerprint density at radius 2 is 2.00 bits per heavy atom. The number of aryl methyl sites for hydroxylation is 1. The number of fused-ring (bicyclic) bond motifs is 1. The lowest BCUT2D eigenvalue weighted by molar-refractivity contribution is 0.102. The van der Waals surface area contributed by atoms with Gasteiger partial charge in [-0.1, -0.05) is 23.7 Å². The number of rotatable bonds is 3. The fraction of sp³-hybridized carbons (Fsp3) is 0.143. The first-order valence-electron chi connectivity index (χ1n) is 6.18. The summed E-state index contributed by atoms with van der Waals surface area (Å²) in [6, 6.07) is 7.40. The molecule has 6 heteroatoms. The first kappa shape index (κ1) is 12.7. The molecule has 0 N–H and O–H groups in total. The van der Waals surface area contributed by atoms with Gasteiger partial charge in [0.2, 0.25) is 5.78 Å². The summed E-state index contributed by atoms with van der Waals surface area (Å²) in [4.78, 5) is 21.1. The number of halogens is 1. The van der Waals surface area contributed by atoms with Crippen molar-refractivity contribution in [2.75, 3.05) is 0 Å². The van der Waals surface area contributed by atoms with E-state index in [0.717, 1.165) is 5.52 Å². The van der Waals surface area contributed by atoms with Gasteiger partial charge in [0.15, 0.2) is 0 Å². The van der Waals surface area contributed by atoms with Crippen LogP contribution in [-0.4, -0.2) is 25.5 Å². The van der Waals surface area contributed by atoms with Crippen molar-refractivity contribution in [1.29, 1.82) is 0 Å². The predicted molar refractivity (Wildman–Crippen MR) is 75.9 cm³/mol. The van der Waals surface area contributed by atoms with Crippen LogP contribution >= 0.6 is 11.6 Å². The Morgan fingerprint density at radius 3 is 2.75 bits per heavy atom. The summed E-state index contributed by atoms with van der Waals surface area (Å²) in [7, 11) is 0. The molecule has 3 rings (SSSR count). The van der Waals surface area contributed by atoms with Gasteiger partial charge in [-0.2, -0.15) is 5.10 Å². The van der Waals surface area contributed by atoms with Crippen molar-refractivity contribution in [2.45, 2.75) is 13.5 Å². The number of ketones is 1. The van der Waals surface area contributed by atoms with E-state index in [1.54, 1.807) is 4.68 Å². The van der Waals surface area contributed by atoms with E-state index in [9.17, 15) is 4.79 Å². The van der Waals surface area contributed by atoms with Crippen molar-refractivity contribution in [3.63, 3.8) is 0 Å². The Labute approximate surface area is 120 Å². The fourth-order valence-electron chi connectivity index (χ4n) is 2.02. The molecule has 0 fully saturated rings. The maximum atomic E-state index is 12.5. The zero-order valence-corrected chi connectivity index (χ0v) is 11.5. The fourth-order valence-corrected chi connectivity index (χ4v) is 2.24. The van der Waals surface area contributed by atoms with Crippen LogP contribution in [0.4, 0.5) is 0 Å². The van der Waals surface area contributed by atoms with Crippen LogP contribution in [0.1, 0.15) is 23.1 Å². The Kier molecular flexibility index (Phi) is 3.20. The number of carbonyl (C=O) groups excluding carboxylic acids is 1. The normalized spacial score (nSPS) is 10.9. The van der Waals surface area contributed by atoms with E-state index in [1.807, 2.05) is 31.2 Å². The van der Waals surface area contributed by atoms with E-state index in [0.29, 0.717) is 22.8 Å². The van der Waals surface area contributed by atoms with Crippen molar-refractivity contribution in [2.24, 2.45) is 0 Å². The van der Waals surface area contributed by atoms with Crippen LogP contribution in [-0.2, 0) is 6.54 Å². The summed E-state index contributed by atoms with van der Waals surface area (Å²) >= 11 is 6.03. The number of hydrogen-bond acceptors (Lipinski definition) is 4. The smallest absolute Gasteiger partial charge is 0.232 e. The number of aromatic nitrogens is 4. The van der Waals surface area contributed by atoms with Crippen LogP contribution in [0.2, 0.25) is 5.02 Å². The highest BCUT2D eigenvalue weighted by Crippen LogP contribution is 2.19. The number of carbonyl (C=O) groups is 1. The standard InChI is InChI=1S/C14H11ClN4O/c1-2-19-13(9(15)7-17-19)14(20)12-8-16-10-5-3-4-6-11(10)18-12/h3-8H,2H2,1H3. The quantitative estimate of drug-likeness (QED) is 0.695. The molecule has 0 unspecified atom stereocenters. The molecule has 5 nitrogen and oxygen atoms in total. The van der Waals surface area contributed by atoms with E-state index in [2.05, 4.69) is 15.1 Å². The van der Waals surface area contributed by atoms with Crippen molar-refractivity contribution in [3.05, 3.63) is 53.1 Å². The Balaban J connectivity index is 2.10. The molecule has 2 aromatic heterocycles. The van der Waals surface area contributed by atoms with Crippen molar-refractivity contribution in [1.82, 2.24) is 19.7 Å². The summed E-state index contributed by atoms with van der Waals surface area (Å²) in [6.07, 6.45) is 2.93. The predicted octanol–water partition coefficient (Wildman–Crippen LogP) is 2.73. The number of nitrogens with zero attached hydrogens (tertiary/aromatic N) is 4. The maximum Gasteiger partial charge on any atom is 0.232 e. The van der Waals surface area contributed by atoms with Gasteiger partial charge in [0.1, 0.15) is 11.4 Å². The minimum Gasteiger partial charge on any atom is -0.285 e. The highest BCUT2D eigenvalue weighted by Gasteiger charge is 2.20. The summed E-state index contributed by atoms with van der Waals surface area (Å²) in [5.74, 6) is -0.271. The molecule has 0 spiro atoms. The molecule has 0 amide bonds. The molecule has 1 aromatic carbocycles. The third kappa shape index (κ3) is 2.06. The average Bonchev–Trinajstić information content (AvgIpc) is 2.87. The molecule has 0 aliphatic heterocycles. The molecule has 0 atom stereocenters. The number of hydrogen-bond donors (Lipinski definition) is 0. The van der Waals surface area contributed by atoms with E-state index in [4.69, 9.17) is 11.6 Å². The monoisotopic (exact) mass is 286 g/mol. The van der Waals surface area contributed by atoms with Gasteiger partial charge < -0.3 is 0 Å². The molecule has 0 saturated heterocycles. The molecular formula is C14H11ClN4O. The van der Waals surface area contributed by atoms with Crippen LogP contribution in [0, 0.1) is 0 Å². The average molecular weight is 287 g/mol. The molecule has 0 saturated carbocycles. The summed E-state index contributed by atoms with van der Waals surface area (Å²) in [5.41, 5.74) is 2.04. The van der Waals surface area contributed by atoms with Crippen LogP contribution in [0.25, 0.3) is 11.0 Å². The van der Waals surface area contributed by atoms with Gasteiger partial charge in [0, 0.05) is 6.54 Å². The second-order valence-electron chi connectivity index (χ2n) is 4.23. The lowest BCUT2D eigenvalue weighted by atomic mass is 10.2. The summed E-state index contributed by atoms with van der Waals surface area (Å²) in [6.45, 7) is 2.46. The van der Waals surface area contributed by atoms with Gasteiger partial charge >= 0.3 is 0 Å². The zero-order valence-electron chi connectivity index (χ0n) is 10.7. The molecule has 3 aromatic rings. The Morgan fingerprint density at radius 1 is 1.25 bits per heavy atom. The van der Waals surface area contributed by atoms with Crippen molar-refractivity contribution in [3.8, 4) is 0 Å². The molecule has 0 radical (unpaired) electrons. The highest BCUT2D eigenvalue weighted by molar-refractivity contribution is 6.34. The van der Waals surface area contributed by atoms with Crippen molar-refractivity contribution < 1.29 is 4.79 Å².